The molecule has 1 amide bonds. The molecule has 3 aromatic rings. The van der Waals surface area contributed by atoms with Crippen LogP contribution in [-0.2, 0) is 21.4 Å². The highest BCUT2D eigenvalue weighted by molar-refractivity contribution is 9.10. The number of hydrogen-bond acceptors (Lipinski definition) is 5. The van der Waals surface area contributed by atoms with Crippen LogP contribution in [-0.4, -0.2) is 20.9 Å². The van der Waals surface area contributed by atoms with Crippen LogP contribution in [0.25, 0.3) is 0 Å². The summed E-state index contributed by atoms with van der Waals surface area (Å²) in [7, 11) is -3.70. The van der Waals surface area contributed by atoms with Crippen LogP contribution >= 0.6 is 27.5 Å². The Bertz CT molecular complexity index is 1090. The molecule has 152 valence electrons. The van der Waals surface area contributed by atoms with Crippen LogP contribution in [0.5, 0.6) is 5.75 Å². The van der Waals surface area contributed by atoms with Gasteiger partial charge in [-0.05, 0) is 54.6 Å². The Labute approximate surface area is 181 Å². The normalized spacial score (nSPS) is 11.2. The lowest BCUT2D eigenvalue weighted by atomic mass is 10.3. The van der Waals surface area contributed by atoms with Crippen molar-refractivity contribution in [2.75, 3.05) is 11.9 Å². The lowest BCUT2D eigenvalue weighted by Gasteiger charge is -2.10. The van der Waals surface area contributed by atoms with Crippen LogP contribution in [0, 0.1) is 0 Å². The molecule has 0 aliphatic carbocycles. The van der Waals surface area contributed by atoms with Gasteiger partial charge in [-0.1, -0.05) is 27.5 Å². The first-order chi connectivity index (χ1) is 13.8. The fourth-order valence-corrected chi connectivity index (χ4v) is 4.03. The maximum Gasteiger partial charge on any atom is 0.262 e. The average Bonchev–Trinajstić information content (AvgIpc) is 3.20. The largest absolute Gasteiger partial charge is 0.482 e. The van der Waals surface area contributed by atoms with Crippen molar-refractivity contribution in [3.8, 4) is 5.75 Å². The van der Waals surface area contributed by atoms with Crippen LogP contribution < -0.4 is 14.8 Å². The molecule has 0 unspecified atom stereocenters. The molecule has 10 heteroatoms. The second-order valence-corrected chi connectivity index (χ2v) is 8.93. The van der Waals surface area contributed by atoms with Crippen molar-refractivity contribution in [3.63, 3.8) is 0 Å². The third-order valence-electron chi connectivity index (χ3n) is 3.72. The van der Waals surface area contributed by atoms with E-state index in [-0.39, 0.29) is 18.0 Å². The van der Waals surface area contributed by atoms with Crippen molar-refractivity contribution in [2.24, 2.45) is 0 Å². The Morgan fingerprint density at radius 1 is 1.14 bits per heavy atom. The van der Waals surface area contributed by atoms with E-state index in [1.807, 2.05) is 0 Å². The summed E-state index contributed by atoms with van der Waals surface area (Å²) >= 11 is 9.32. The van der Waals surface area contributed by atoms with Crippen molar-refractivity contribution in [2.45, 2.75) is 11.4 Å². The Kier molecular flexibility index (Phi) is 6.96. The van der Waals surface area contributed by atoms with E-state index in [1.165, 1.54) is 30.5 Å². The van der Waals surface area contributed by atoms with E-state index in [1.54, 1.807) is 30.3 Å². The smallest absolute Gasteiger partial charge is 0.262 e. The van der Waals surface area contributed by atoms with Crippen molar-refractivity contribution < 1.29 is 22.4 Å². The molecule has 7 nitrogen and oxygen atoms in total. The van der Waals surface area contributed by atoms with E-state index < -0.39 is 15.9 Å². The maximum absolute atomic E-state index is 12.3. The summed E-state index contributed by atoms with van der Waals surface area (Å²) in [5.41, 5.74) is 0.436. The second kappa shape index (κ2) is 9.45. The van der Waals surface area contributed by atoms with Gasteiger partial charge in [0.15, 0.2) is 6.61 Å². The minimum atomic E-state index is -3.70. The number of rotatable bonds is 8. The van der Waals surface area contributed by atoms with Crippen molar-refractivity contribution in [3.05, 3.63) is 76.1 Å². The first-order valence-electron chi connectivity index (χ1n) is 8.33. The number of anilines is 1. The van der Waals surface area contributed by atoms with Gasteiger partial charge in [0.1, 0.15) is 11.5 Å². The van der Waals surface area contributed by atoms with Crippen molar-refractivity contribution >= 4 is 49.1 Å². The van der Waals surface area contributed by atoms with Gasteiger partial charge in [0.2, 0.25) is 10.0 Å². The number of amides is 1. The summed E-state index contributed by atoms with van der Waals surface area (Å²) in [6.07, 6.45) is 1.47. The molecule has 2 aromatic carbocycles. The molecule has 0 saturated heterocycles. The molecule has 0 fully saturated rings. The van der Waals surface area contributed by atoms with E-state index >= 15 is 0 Å². The zero-order valence-electron chi connectivity index (χ0n) is 14.9. The quantitative estimate of drug-likeness (QED) is 0.484. The molecule has 1 heterocycles. The van der Waals surface area contributed by atoms with Crippen LogP contribution in [0.3, 0.4) is 0 Å². The Hall–Kier alpha value is -2.33. The minimum Gasteiger partial charge on any atom is -0.482 e. The Morgan fingerprint density at radius 3 is 2.55 bits per heavy atom. The maximum atomic E-state index is 12.3. The molecule has 29 heavy (non-hydrogen) atoms. The zero-order chi connectivity index (χ0) is 20.9. The summed E-state index contributed by atoms with van der Waals surface area (Å²) < 4.78 is 38.3. The number of benzene rings is 2. The number of hydrogen-bond donors (Lipinski definition) is 2. The lowest BCUT2D eigenvalue weighted by Crippen LogP contribution is -2.23. The van der Waals surface area contributed by atoms with Gasteiger partial charge in [-0.25, -0.2) is 13.1 Å². The molecule has 3 rings (SSSR count). The number of halogens is 2. The third kappa shape index (κ3) is 6.07. The highest BCUT2D eigenvalue weighted by Crippen LogP contribution is 2.27. The van der Waals surface area contributed by atoms with E-state index in [9.17, 15) is 13.2 Å². The predicted octanol–water partition coefficient (Wildman–Crippen LogP) is 4.19. The molecule has 0 spiro atoms. The predicted molar refractivity (Wildman–Crippen MR) is 112 cm³/mol. The molecular formula is C19H16BrClN2O5S. The van der Waals surface area contributed by atoms with Gasteiger partial charge in [0.25, 0.3) is 5.91 Å². The first kappa shape index (κ1) is 21.4. The molecule has 0 saturated carbocycles. The van der Waals surface area contributed by atoms with Gasteiger partial charge in [-0.2, -0.15) is 0 Å². The number of nitrogens with one attached hydrogen (secondary N) is 2. The number of ether oxygens (including phenoxy) is 1. The van der Waals surface area contributed by atoms with Crippen LogP contribution in [0.2, 0.25) is 5.02 Å². The standard InChI is InChI=1S/C19H16BrClN2O5S/c20-13-3-8-18(17(21)10-13)28-12-19(24)23-14-4-6-16(7-5-14)29(25,26)22-11-15-2-1-9-27-15/h1-10,22H,11-12H2,(H,23,24). The van der Waals surface area contributed by atoms with E-state index in [0.717, 1.165) is 4.47 Å². The summed E-state index contributed by atoms with van der Waals surface area (Å²) in [4.78, 5) is 12.1. The minimum absolute atomic E-state index is 0.0454. The van der Waals surface area contributed by atoms with E-state index in [4.69, 9.17) is 20.8 Å². The molecule has 0 bridgehead atoms. The summed E-state index contributed by atoms with van der Waals surface area (Å²) in [5, 5.41) is 3.01. The number of furan rings is 1. The van der Waals surface area contributed by atoms with Gasteiger partial charge in [0.05, 0.1) is 22.7 Å². The Morgan fingerprint density at radius 2 is 1.90 bits per heavy atom. The van der Waals surface area contributed by atoms with Crippen LogP contribution in [0.15, 0.2) is 74.6 Å². The molecule has 2 N–H and O–H groups in total. The first-order valence-corrected chi connectivity index (χ1v) is 11.0. The molecule has 0 aliphatic heterocycles. The van der Waals surface area contributed by atoms with Gasteiger partial charge < -0.3 is 14.5 Å². The summed E-state index contributed by atoms with van der Waals surface area (Å²) in [6.45, 7) is -0.199. The third-order valence-corrected chi connectivity index (χ3v) is 5.92. The molecular weight excluding hydrogens is 484 g/mol. The van der Waals surface area contributed by atoms with Crippen LogP contribution in [0.4, 0.5) is 5.69 Å². The molecule has 0 aliphatic rings. The van der Waals surface area contributed by atoms with Gasteiger partial charge in [-0.3, -0.25) is 4.79 Å². The average molecular weight is 500 g/mol. The van der Waals surface area contributed by atoms with E-state index in [0.29, 0.717) is 22.2 Å². The SMILES string of the molecule is O=C(COc1ccc(Br)cc1Cl)Nc1ccc(S(=O)(=O)NCc2ccco2)cc1. The number of carbonyl (C=O) groups excluding carboxylic acids is 1. The van der Waals surface area contributed by atoms with Crippen LogP contribution in [0.1, 0.15) is 5.76 Å². The highest BCUT2D eigenvalue weighted by Gasteiger charge is 2.15. The lowest BCUT2D eigenvalue weighted by molar-refractivity contribution is -0.118. The second-order valence-electron chi connectivity index (χ2n) is 5.84. The van der Waals surface area contributed by atoms with Gasteiger partial charge in [-0.15, -0.1) is 0 Å². The fourth-order valence-electron chi connectivity index (χ4n) is 2.31. The highest BCUT2D eigenvalue weighted by atomic mass is 79.9. The summed E-state index contributed by atoms with van der Waals surface area (Å²) in [5.74, 6) is 0.480. The van der Waals surface area contributed by atoms with Gasteiger partial charge >= 0.3 is 0 Å². The Balaban J connectivity index is 1.54. The monoisotopic (exact) mass is 498 g/mol. The number of carbonyl (C=O) groups is 1. The zero-order valence-corrected chi connectivity index (χ0v) is 18.1. The molecule has 0 radical (unpaired) electrons. The molecule has 1 aromatic heterocycles. The van der Waals surface area contributed by atoms with Crippen molar-refractivity contribution in [1.82, 2.24) is 4.72 Å². The van der Waals surface area contributed by atoms with Crippen molar-refractivity contribution in [1.29, 1.82) is 0 Å². The van der Waals surface area contributed by atoms with Gasteiger partial charge in [0, 0.05) is 10.2 Å². The summed E-state index contributed by atoms with van der Waals surface area (Å²) in [6, 6.07) is 14.2. The topological polar surface area (TPSA) is 97.6 Å². The number of sulfonamides is 1. The van der Waals surface area contributed by atoms with E-state index in [2.05, 4.69) is 26.0 Å². The fraction of sp³-hybridized carbons (Fsp3) is 0.105. The molecule has 0 atom stereocenters.